The zero-order valence-corrected chi connectivity index (χ0v) is 16.9. The summed E-state index contributed by atoms with van der Waals surface area (Å²) in [5.41, 5.74) is 13.2. The highest BCUT2D eigenvalue weighted by Gasteiger charge is 2.29. The predicted octanol–water partition coefficient (Wildman–Crippen LogP) is 2.92. The van der Waals surface area contributed by atoms with Crippen molar-refractivity contribution in [2.75, 3.05) is 17.7 Å². The molecule has 1 amide bonds. The molecule has 1 aromatic carbocycles. The minimum atomic E-state index is -0.608. The van der Waals surface area contributed by atoms with Crippen LogP contribution in [0.4, 0.5) is 17.3 Å². The molecule has 9 heteroatoms. The summed E-state index contributed by atoms with van der Waals surface area (Å²) in [6.45, 7) is 8.26. The van der Waals surface area contributed by atoms with Gasteiger partial charge in [0.05, 0.1) is 24.5 Å². The monoisotopic (exact) mass is 395 g/mol. The molecule has 2 aromatic heterocycles. The number of hydrogen-bond acceptors (Lipinski definition) is 7. The van der Waals surface area contributed by atoms with E-state index in [1.54, 1.807) is 28.9 Å². The van der Waals surface area contributed by atoms with Gasteiger partial charge in [-0.25, -0.2) is 4.68 Å². The van der Waals surface area contributed by atoms with Gasteiger partial charge in [-0.2, -0.15) is 10.1 Å². The van der Waals surface area contributed by atoms with E-state index in [4.69, 9.17) is 21.3 Å². The van der Waals surface area contributed by atoms with Crippen LogP contribution in [0.2, 0.25) is 0 Å². The third-order valence-electron chi connectivity index (χ3n) is 4.10. The lowest BCUT2D eigenvalue weighted by Gasteiger charge is -2.23. The number of nitrogens with zero attached hydrogens (tertiary/aromatic N) is 4. The fourth-order valence-electron chi connectivity index (χ4n) is 2.84. The summed E-state index contributed by atoms with van der Waals surface area (Å²) in [6.07, 6.45) is 3.06. The van der Waals surface area contributed by atoms with Crippen molar-refractivity contribution >= 4 is 23.2 Å². The lowest BCUT2D eigenvalue weighted by Crippen LogP contribution is -2.25. The molecule has 2 heterocycles. The van der Waals surface area contributed by atoms with E-state index in [0.717, 1.165) is 5.56 Å². The summed E-state index contributed by atoms with van der Waals surface area (Å²) < 4.78 is 7.12. The number of primary amides is 1. The van der Waals surface area contributed by atoms with E-state index in [2.05, 4.69) is 15.3 Å². The second kappa shape index (κ2) is 7.78. The van der Waals surface area contributed by atoms with Crippen LogP contribution < -0.4 is 21.5 Å². The largest absolute Gasteiger partial charge is 0.477 e. The summed E-state index contributed by atoms with van der Waals surface area (Å²) in [6, 6.07) is 7.10. The van der Waals surface area contributed by atoms with E-state index < -0.39 is 11.4 Å². The third-order valence-corrected chi connectivity index (χ3v) is 4.10. The molecule has 0 spiro atoms. The summed E-state index contributed by atoms with van der Waals surface area (Å²) in [5.74, 6) is 0.606. The zero-order valence-electron chi connectivity index (χ0n) is 16.9. The number of hydrogen-bond donors (Lipinski definition) is 3. The van der Waals surface area contributed by atoms with Crippen molar-refractivity contribution in [2.45, 2.75) is 33.2 Å². The molecular weight excluding hydrogens is 370 g/mol. The molecule has 0 atom stereocenters. The molecule has 0 aliphatic heterocycles. The number of nitrogens with one attached hydrogen (secondary N) is 1. The fraction of sp³-hybridized carbons (Fsp3) is 0.300. The Labute approximate surface area is 169 Å². The van der Waals surface area contributed by atoms with Gasteiger partial charge in [0.25, 0.3) is 5.91 Å². The van der Waals surface area contributed by atoms with Crippen LogP contribution in [0.25, 0.3) is 11.3 Å². The third kappa shape index (κ3) is 4.29. The normalized spacial score (nSPS) is 11.3. The van der Waals surface area contributed by atoms with Crippen LogP contribution in [-0.4, -0.2) is 32.3 Å². The molecule has 0 bridgehead atoms. The average Bonchev–Trinajstić information content (AvgIpc) is 3.02. The Kier molecular flexibility index (Phi) is 5.40. The molecule has 0 radical (unpaired) electrons. The second-order valence-corrected chi connectivity index (χ2v) is 7.44. The molecule has 3 aromatic rings. The molecule has 9 nitrogen and oxygen atoms in total. The van der Waals surface area contributed by atoms with Crippen molar-refractivity contribution in [1.29, 1.82) is 0 Å². The number of carbonyl (C=O) groups is 1. The van der Waals surface area contributed by atoms with E-state index in [9.17, 15) is 4.79 Å². The van der Waals surface area contributed by atoms with E-state index >= 15 is 0 Å². The molecule has 0 saturated heterocycles. The van der Waals surface area contributed by atoms with Crippen LogP contribution in [-0.2, 0) is 5.54 Å². The lowest BCUT2D eigenvalue weighted by atomic mass is 10.1. The first-order valence-corrected chi connectivity index (χ1v) is 9.21. The van der Waals surface area contributed by atoms with Gasteiger partial charge >= 0.3 is 0 Å². The molecule has 5 N–H and O–H groups in total. The Morgan fingerprint density at radius 2 is 1.90 bits per heavy atom. The number of carbonyl (C=O) groups excluding carboxylic acids is 1. The number of benzene rings is 1. The number of rotatable bonds is 6. The van der Waals surface area contributed by atoms with Gasteiger partial charge in [0.1, 0.15) is 17.1 Å². The summed E-state index contributed by atoms with van der Waals surface area (Å²) in [5, 5.41) is 7.84. The van der Waals surface area contributed by atoms with Crippen LogP contribution in [0.1, 0.15) is 38.1 Å². The highest BCUT2D eigenvalue weighted by atomic mass is 16.5. The first-order chi connectivity index (χ1) is 13.7. The van der Waals surface area contributed by atoms with Crippen LogP contribution in [0.3, 0.4) is 0 Å². The second-order valence-electron chi connectivity index (χ2n) is 7.44. The zero-order chi connectivity index (χ0) is 21.2. The van der Waals surface area contributed by atoms with Gasteiger partial charge < -0.3 is 21.5 Å². The maximum atomic E-state index is 12.4. The summed E-state index contributed by atoms with van der Waals surface area (Å²) in [7, 11) is 0. The standard InChI is InChI=1S/C20H25N7O2/c1-5-29-15-11-23-10-14(24-15)25-19-16(18(22)28)17(26-27(19)20(2,3)4)12-6-8-13(21)9-7-12/h6-11H,5,21H2,1-4H3,(H2,22,28)(H,24,25). The fourth-order valence-corrected chi connectivity index (χ4v) is 2.84. The smallest absolute Gasteiger partial charge is 0.254 e. The molecule has 152 valence electrons. The van der Waals surface area contributed by atoms with Crippen LogP contribution in [0.5, 0.6) is 5.88 Å². The lowest BCUT2D eigenvalue weighted by molar-refractivity contribution is 0.100. The number of nitrogen functional groups attached to an aromatic ring is 1. The Morgan fingerprint density at radius 1 is 1.21 bits per heavy atom. The van der Waals surface area contributed by atoms with Gasteiger partial charge in [-0.1, -0.05) is 12.1 Å². The van der Waals surface area contributed by atoms with Crippen molar-refractivity contribution in [3.63, 3.8) is 0 Å². The van der Waals surface area contributed by atoms with Gasteiger partial charge in [-0.3, -0.25) is 9.78 Å². The number of anilines is 3. The molecule has 0 fully saturated rings. The highest BCUT2D eigenvalue weighted by Crippen LogP contribution is 2.34. The minimum absolute atomic E-state index is 0.258. The van der Waals surface area contributed by atoms with Gasteiger partial charge in [0.2, 0.25) is 5.88 Å². The SMILES string of the molecule is CCOc1cncc(Nc2c(C(N)=O)c(-c3ccc(N)cc3)nn2C(C)(C)C)n1. The Bertz CT molecular complexity index is 1020. The van der Waals surface area contributed by atoms with Crippen LogP contribution in [0, 0.1) is 0 Å². The van der Waals surface area contributed by atoms with Gasteiger partial charge in [0, 0.05) is 11.3 Å². The van der Waals surface area contributed by atoms with Crippen molar-refractivity contribution in [3.8, 4) is 17.1 Å². The molecule has 0 saturated carbocycles. The Hall–Kier alpha value is -3.62. The van der Waals surface area contributed by atoms with E-state index in [-0.39, 0.29) is 5.56 Å². The van der Waals surface area contributed by atoms with Crippen LogP contribution >= 0.6 is 0 Å². The average molecular weight is 395 g/mol. The summed E-state index contributed by atoms with van der Waals surface area (Å²) >= 11 is 0. The highest BCUT2D eigenvalue weighted by molar-refractivity contribution is 6.04. The molecule has 0 unspecified atom stereocenters. The molecule has 0 aliphatic rings. The van der Waals surface area contributed by atoms with Gasteiger partial charge in [-0.05, 0) is 39.8 Å². The quantitative estimate of drug-likeness (QED) is 0.546. The van der Waals surface area contributed by atoms with Crippen molar-refractivity contribution in [3.05, 3.63) is 42.2 Å². The number of aromatic nitrogens is 4. The molecule has 29 heavy (non-hydrogen) atoms. The van der Waals surface area contributed by atoms with Crippen molar-refractivity contribution in [1.82, 2.24) is 19.7 Å². The molecule has 0 aliphatic carbocycles. The first kappa shape index (κ1) is 20.1. The predicted molar refractivity (Wildman–Crippen MR) is 112 cm³/mol. The van der Waals surface area contributed by atoms with Crippen LogP contribution in [0.15, 0.2) is 36.7 Å². The van der Waals surface area contributed by atoms with E-state index in [0.29, 0.717) is 35.5 Å². The summed E-state index contributed by atoms with van der Waals surface area (Å²) in [4.78, 5) is 20.9. The minimum Gasteiger partial charge on any atom is -0.477 e. The topological polar surface area (TPSA) is 134 Å². The van der Waals surface area contributed by atoms with Crippen molar-refractivity contribution in [2.24, 2.45) is 5.73 Å². The first-order valence-electron chi connectivity index (χ1n) is 9.21. The van der Waals surface area contributed by atoms with Gasteiger partial charge in [-0.15, -0.1) is 0 Å². The maximum absolute atomic E-state index is 12.4. The number of amides is 1. The number of nitrogens with two attached hydrogens (primary N) is 2. The Balaban J connectivity index is 2.17. The molecular formula is C20H25N7O2. The van der Waals surface area contributed by atoms with E-state index in [1.165, 1.54) is 12.4 Å². The molecule has 3 rings (SSSR count). The maximum Gasteiger partial charge on any atom is 0.254 e. The Morgan fingerprint density at radius 3 is 2.48 bits per heavy atom. The van der Waals surface area contributed by atoms with E-state index in [1.807, 2.05) is 27.7 Å². The van der Waals surface area contributed by atoms with Crippen molar-refractivity contribution < 1.29 is 9.53 Å². The number of ether oxygens (including phenoxy) is 1. The van der Waals surface area contributed by atoms with Gasteiger partial charge in [0.15, 0.2) is 5.82 Å².